The average molecular weight is 333 g/mol. The fourth-order valence-electron chi connectivity index (χ4n) is 2.26. The molecule has 0 bridgehead atoms. The summed E-state index contributed by atoms with van der Waals surface area (Å²) >= 11 is 3.44. The Morgan fingerprint density at radius 2 is 1.85 bits per heavy atom. The maximum Gasteiger partial charge on any atom is 0.0461 e. The molecule has 0 spiro atoms. The lowest BCUT2D eigenvalue weighted by molar-refractivity contribution is 0.271. The molecule has 106 valence electrons. The van der Waals surface area contributed by atoms with Gasteiger partial charge in [-0.1, -0.05) is 37.3 Å². The Labute approximate surface area is 129 Å². The Morgan fingerprint density at radius 1 is 1.10 bits per heavy atom. The Hall–Kier alpha value is -1.32. The number of benzene rings is 2. The number of anilines is 1. The number of nitrogen functional groups attached to an aromatic ring is 1. The van der Waals surface area contributed by atoms with Gasteiger partial charge in [0.15, 0.2) is 0 Å². The monoisotopic (exact) mass is 332 g/mol. The van der Waals surface area contributed by atoms with E-state index in [2.05, 4.69) is 65.0 Å². The van der Waals surface area contributed by atoms with Gasteiger partial charge in [0.1, 0.15) is 0 Å². The van der Waals surface area contributed by atoms with Gasteiger partial charge in [0, 0.05) is 23.2 Å². The van der Waals surface area contributed by atoms with E-state index < -0.39 is 0 Å². The van der Waals surface area contributed by atoms with Crippen LogP contribution in [-0.4, -0.2) is 11.4 Å². The van der Waals surface area contributed by atoms with Crippen molar-refractivity contribution in [3.05, 3.63) is 63.6 Å². The molecule has 0 atom stereocenters. The molecular formula is C17H21BrN2. The van der Waals surface area contributed by atoms with Gasteiger partial charge in [-0.25, -0.2) is 0 Å². The number of hydrogen-bond acceptors (Lipinski definition) is 2. The molecule has 0 fully saturated rings. The summed E-state index contributed by atoms with van der Waals surface area (Å²) < 4.78 is 0.961. The smallest absolute Gasteiger partial charge is 0.0461 e. The maximum absolute atomic E-state index is 5.95. The van der Waals surface area contributed by atoms with E-state index in [0.29, 0.717) is 0 Å². The zero-order valence-corrected chi connectivity index (χ0v) is 13.7. The molecule has 0 saturated heterocycles. The summed E-state index contributed by atoms with van der Waals surface area (Å²) in [7, 11) is 0. The average Bonchev–Trinajstić information content (AvgIpc) is 2.44. The normalized spacial score (nSPS) is 11.0. The molecule has 2 aromatic rings. The summed E-state index contributed by atoms with van der Waals surface area (Å²) in [5, 5.41) is 0. The number of nitrogens with two attached hydrogens (primary N) is 1. The van der Waals surface area contributed by atoms with Crippen LogP contribution in [0.15, 0.2) is 46.9 Å². The summed E-state index contributed by atoms with van der Waals surface area (Å²) in [5.74, 6) is 0. The van der Waals surface area contributed by atoms with Crippen molar-refractivity contribution in [2.75, 3.05) is 12.3 Å². The Balaban J connectivity index is 2.09. The highest BCUT2D eigenvalue weighted by molar-refractivity contribution is 9.10. The van der Waals surface area contributed by atoms with Crippen molar-refractivity contribution in [1.29, 1.82) is 0 Å². The van der Waals surface area contributed by atoms with Gasteiger partial charge in [-0.05, 0) is 58.2 Å². The summed E-state index contributed by atoms with van der Waals surface area (Å²) in [6.45, 7) is 7.27. The van der Waals surface area contributed by atoms with Gasteiger partial charge in [0.2, 0.25) is 0 Å². The van der Waals surface area contributed by atoms with Gasteiger partial charge in [0.25, 0.3) is 0 Å². The number of aryl methyl sites for hydroxylation is 1. The van der Waals surface area contributed by atoms with Crippen molar-refractivity contribution < 1.29 is 0 Å². The first-order valence-electron chi connectivity index (χ1n) is 6.91. The molecular weight excluding hydrogens is 312 g/mol. The van der Waals surface area contributed by atoms with Crippen LogP contribution in [0, 0.1) is 6.92 Å². The van der Waals surface area contributed by atoms with Gasteiger partial charge in [0.05, 0.1) is 0 Å². The SMILES string of the molecule is CCN(Cc1ccc(Br)c(N)c1)Cc1ccccc1C. The highest BCUT2D eigenvalue weighted by Crippen LogP contribution is 2.21. The van der Waals surface area contributed by atoms with Crippen molar-refractivity contribution in [3.8, 4) is 0 Å². The molecule has 2 N–H and O–H groups in total. The lowest BCUT2D eigenvalue weighted by Gasteiger charge is -2.22. The number of halogens is 1. The highest BCUT2D eigenvalue weighted by Gasteiger charge is 2.07. The minimum Gasteiger partial charge on any atom is -0.398 e. The van der Waals surface area contributed by atoms with E-state index in [-0.39, 0.29) is 0 Å². The van der Waals surface area contributed by atoms with Crippen molar-refractivity contribution in [2.45, 2.75) is 26.9 Å². The largest absolute Gasteiger partial charge is 0.398 e. The molecule has 0 aliphatic heterocycles. The molecule has 0 unspecified atom stereocenters. The molecule has 0 heterocycles. The Bertz CT molecular complexity index is 581. The second kappa shape index (κ2) is 6.91. The topological polar surface area (TPSA) is 29.3 Å². The van der Waals surface area contributed by atoms with Crippen molar-refractivity contribution in [2.24, 2.45) is 0 Å². The first-order chi connectivity index (χ1) is 9.60. The zero-order chi connectivity index (χ0) is 14.5. The van der Waals surface area contributed by atoms with Crippen LogP contribution in [0.4, 0.5) is 5.69 Å². The summed E-state index contributed by atoms with van der Waals surface area (Å²) in [6.07, 6.45) is 0. The zero-order valence-electron chi connectivity index (χ0n) is 12.1. The number of hydrogen-bond donors (Lipinski definition) is 1. The van der Waals surface area contributed by atoms with E-state index in [1.807, 2.05) is 12.1 Å². The van der Waals surface area contributed by atoms with Crippen LogP contribution >= 0.6 is 15.9 Å². The lowest BCUT2D eigenvalue weighted by atomic mass is 10.1. The van der Waals surface area contributed by atoms with Gasteiger partial charge >= 0.3 is 0 Å². The molecule has 2 rings (SSSR count). The number of rotatable bonds is 5. The lowest BCUT2D eigenvalue weighted by Crippen LogP contribution is -2.22. The van der Waals surface area contributed by atoms with Gasteiger partial charge in [-0.2, -0.15) is 0 Å². The number of nitrogens with zero attached hydrogens (tertiary/aromatic N) is 1. The van der Waals surface area contributed by atoms with Gasteiger partial charge in [-0.15, -0.1) is 0 Å². The van der Waals surface area contributed by atoms with Crippen LogP contribution in [0.2, 0.25) is 0 Å². The molecule has 0 aliphatic carbocycles. The van der Waals surface area contributed by atoms with Crippen LogP contribution in [0.25, 0.3) is 0 Å². The van der Waals surface area contributed by atoms with Gasteiger partial charge in [-0.3, -0.25) is 4.90 Å². The van der Waals surface area contributed by atoms with E-state index >= 15 is 0 Å². The maximum atomic E-state index is 5.95. The van der Waals surface area contributed by atoms with Crippen LogP contribution in [0.1, 0.15) is 23.6 Å². The van der Waals surface area contributed by atoms with E-state index in [9.17, 15) is 0 Å². The Kier molecular flexibility index (Phi) is 5.21. The van der Waals surface area contributed by atoms with Crippen molar-refractivity contribution in [3.63, 3.8) is 0 Å². The van der Waals surface area contributed by atoms with E-state index in [4.69, 9.17) is 5.73 Å². The van der Waals surface area contributed by atoms with Gasteiger partial charge < -0.3 is 5.73 Å². The van der Waals surface area contributed by atoms with E-state index in [1.165, 1.54) is 16.7 Å². The predicted molar refractivity (Wildman–Crippen MR) is 89.5 cm³/mol. The standard InChI is InChI=1S/C17H21BrN2/c1-3-20(12-15-7-5-4-6-13(15)2)11-14-8-9-16(18)17(19)10-14/h4-10H,3,11-12,19H2,1-2H3. The third-order valence-corrected chi connectivity index (χ3v) is 4.29. The molecule has 0 radical (unpaired) electrons. The third kappa shape index (κ3) is 3.84. The quantitative estimate of drug-likeness (QED) is 0.824. The minimum atomic E-state index is 0.800. The molecule has 3 heteroatoms. The molecule has 20 heavy (non-hydrogen) atoms. The van der Waals surface area contributed by atoms with Crippen molar-refractivity contribution >= 4 is 21.6 Å². The van der Waals surface area contributed by atoms with E-state index in [1.54, 1.807) is 0 Å². The molecule has 0 aromatic heterocycles. The fourth-order valence-corrected chi connectivity index (χ4v) is 2.50. The fraction of sp³-hybridized carbons (Fsp3) is 0.294. The van der Waals surface area contributed by atoms with Crippen LogP contribution in [0.3, 0.4) is 0 Å². The van der Waals surface area contributed by atoms with Crippen LogP contribution in [0.5, 0.6) is 0 Å². The first-order valence-corrected chi connectivity index (χ1v) is 7.70. The predicted octanol–water partition coefficient (Wildman–Crippen LogP) is 4.36. The second-order valence-electron chi connectivity index (χ2n) is 5.09. The molecule has 0 aliphatic rings. The molecule has 0 amide bonds. The van der Waals surface area contributed by atoms with E-state index in [0.717, 1.165) is 29.8 Å². The molecule has 0 saturated carbocycles. The molecule has 2 nitrogen and oxygen atoms in total. The van der Waals surface area contributed by atoms with Crippen LogP contribution < -0.4 is 5.73 Å². The summed E-state index contributed by atoms with van der Waals surface area (Å²) in [4.78, 5) is 2.42. The third-order valence-electron chi connectivity index (χ3n) is 3.57. The highest BCUT2D eigenvalue weighted by atomic mass is 79.9. The van der Waals surface area contributed by atoms with Crippen molar-refractivity contribution in [1.82, 2.24) is 4.90 Å². The summed E-state index contributed by atoms with van der Waals surface area (Å²) in [6, 6.07) is 14.8. The Morgan fingerprint density at radius 3 is 2.50 bits per heavy atom. The second-order valence-corrected chi connectivity index (χ2v) is 5.94. The molecule has 2 aromatic carbocycles. The minimum absolute atomic E-state index is 0.800. The van der Waals surface area contributed by atoms with Crippen LogP contribution in [-0.2, 0) is 13.1 Å². The first kappa shape index (κ1) is 15.1. The summed E-state index contributed by atoms with van der Waals surface area (Å²) in [5.41, 5.74) is 10.7.